The third-order valence-electron chi connectivity index (χ3n) is 6.33. The average Bonchev–Trinajstić information content (AvgIpc) is 3.41. The maximum absolute atomic E-state index is 13.2. The van der Waals surface area contributed by atoms with E-state index in [1.165, 1.54) is 0 Å². The van der Waals surface area contributed by atoms with Crippen molar-refractivity contribution in [3.63, 3.8) is 0 Å². The molecule has 0 spiro atoms. The number of anilines is 1. The summed E-state index contributed by atoms with van der Waals surface area (Å²) in [6.07, 6.45) is 1.70. The highest BCUT2D eigenvalue weighted by Gasteiger charge is 2.18. The van der Waals surface area contributed by atoms with E-state index in [0.29, 0.717) is 45.2 Å². The van der Waals surface area contributed by atoms with Crippen LogP contribution in [0.3, 0.4) is 0 Å². The first-order valence-corrected chi connectivity index (χ1v) is 12.3. The fraction of sp³-hybridized carbons (Fsp3) is 0.0323. The van der Waals surface area contributed by atoms with Crippen LogP contribution in [-0.2, 0) is 0 Å². The number of nitrogens with one attached hydrogen (secondary N) is 1. The second-order valence-corrected chi connectivity index (χ2v) is 9.00. The van der Waals surface area contributed by atoms with Crippen LogP contribution in [0.15, 0.2) is 109 Å². The summed E-state index contributed by atoms with van der Waals surface area (Å²) >= 11 is 0. The number of hydrogen-bond donors (Lipinski definition) is 1. The van der Waals surface area contributed by atoms with Gasteiger partial charge in [0, 0.05) is 28.6 Å². The number of aryl methyl sites for hydroxylation is 1. The molecule has 0 aliphatic rings. The van der Waals surface area contributed by atoms with E-state index in [-0.39, 0.29) is 11.7 Å². The minimum absolute atomic E-state index is 0.198. The van der Waals surface area contributed by atoms with Crippen LogP contribution in [0.4, 0.5) is 5.69 Å². The van der Waals surface area contributed by atoms with Crippen LogP contribution in [0.25, 0.3) is 28.4 Å². The van der Waals surface area contributed by atoms with Gasteiger partial charge in [-0.25, -0.2) is 0 Å². The molecular weight excluding hydrogens is 488 g/mol. The molecule has 0 radical (unpaired) electrons. The second kappa shape index (κ2) is 10.1. The molecule has 1 amide bonds. The molecule has 3 aromatic carbocycles. The van der Waals surface area contributed by atoms with E-state index < -0.39 is 0 Å². The number of hydrogen-bond acceptors (Lipinski definition) is 6. The molecule has 6 aromatic rings. The Morgan fingerprint density at radius 1 is 0.718 bits per heavy atom. The molecule has 0 unspecified atom stereocenters. The Hall–Kier alpha value is -5.50. The van der Waals surface area contributed by atoms with Gasteiger partial charge in [0.25, 0.3) is 5.91 Å². The molecule has 39 heavy (non-hydrogen) atoms. The zero-order valence-electron chi connectivity index (χ0n) is 20.9. The lowest BCUT2D eigenvalue weighted by Crippen LogP contribution is -2.17. The van der Waals surface area contributed by atoms with Gasteiger partial charge in [0.1, 0.15) is 5.69 Å². The van der Waals surface area contributed by atoms with Crippen LogP contribution in [0.2, 0.25) is 0 Å². The highest BCUT2D eigenvalue weighted by Crippen LogP contribution is 2.23. The summed E-state index contributed by atoms with van der Waals surface area (Å²) in [6, 6.07) is 30.8. The summed E-state index contributed by atoms with van der Waals surface area (Å²) in [5, 5.41) is 16.0. The number of carbonyl (C=O) groups is 2. The number of pyridine rings is 1. The summed E-state index contributed by atoms with van der Waals surface area (Å²) in [5.41, 5.74) is 5.72. The lowest BCUT2D eigenvalue weighted by molar-refractivity contribution is 0.0996. The molecular formula is C31H22N6O2. The SMILES string of the molecule is Cc1ccc(C(=O)c2ccccc2C(=O)Nc2ccc(-c3ccc4nnc(-c5ccccn5)n4n3)cc2)cc1. The van der Waals surface area contributed by atoms with Crippen molar-refractivity contribution in [3.8, 4) is 22.8 Å². The minimum atomic E-state index is -0.358. The number of carbonyl (C=O) groups excluding carboxylic acids is 2. The first-order chi connectivity index (χ1) is 19.1. The molecule has 1 N–H and O–H groups in total. The quantitative estimate of drug-likeness (QED) is 0.291. The predicted octanol–water partition coefficient (Wildman–Crippen LogP) is 5.65. The summed E-state index contributed by atoms with van der Waals surface area (Å²) in [4.78, 5) is 30.6. The van der Waals surface area contributed by atoms with Crippen LogP contribution < -0.4 is 5.32 Å². The van der Waals surface area contributed by atoms with Gasteiger partial charge < -0.3 is 5.32 Å². The van der Waals surface area contributed by atoms with Crippen molar-refractivity contribution in [1.29, 1.82) is 0 Å². The van der Waals surface area contributed by atoms with Gasteiger partial charge in [-0.1, -0.05) is 66.2 Å². The predicted molar refractivity (Wildman–Crippen MR) is 148 cm³/mol. The maximum Gasteiger partial charge on any atom is 0.256 e. The van der Waals surface area contributed by atoms with Gasteiger partial charge in [-0.15, -0.1) is 10.2 Å². The van der Waals surface area contributed by atoms with Crippen LogP contribution >= 0.6 is 0 Å². The Labute approximate surface area is 224 Å². The fourth-order valence-electron chi connectivity index (χ4n) is 4.26. The number of nitrogens with zero attached hydrogens (tertiary/aromatic N) is 5. The third-order valence-corrected chi connectivity index (χ3v) is 6.33. The van der Waals surface area contributed by atoms with E-state index in [9.17, 15) is 9.59 Å². The molecule has 0 saturated carbocycles. The van der Waals surface area contributed by atoms with Gasteiger partial charge in [-0.05, 0) is 49.4 Å². The molecule has 6 rings (SSSR count). The van der Waals surface area contributed by atoms with Crippen molar-refractivity contribution in [3.05, 3.63) is 132 Å². The second-order valence-electron chi connectivity index (χ2n) is 9.00. The van der Waals surface area contributed by atoms with Crippen LogP contribution in [0.1, 0.15) is 31.8 Å². The van der Waals surface area contributed by atoms with E-state index in [4.69, 9.17) is 5.10 Å². The first kappa shape index (κ1) is 23.9. The minimum Gasteiger partial charge on any atom is -0.322 e. The highest BCUT2D eigenvalue weighted by atomic mass is 16.2. The fourth-order valence-corrected chi connectivity index (χ4v) is 4.26. The average molecular weight is 511 g/mol. The molecule has 0 aliphatic carbocycles. The van der Waals surface area contributed by atoms with E-state index in [2.05, 4.69) is 20.5 Å². The van der Waals surface area contributed by atoms with Crippen molar-refractivity contribution in [2.75, 3.05) is 5.32 Å². The van der Waals surface area contributed by atoms with Crippen LogP contribution in [0, 0.1) is 6.92 Å². The van der Waals surface area contributed by atoms with Crippen LogP contribution in [-0.4, -0.2) is 36.5 Å². The van der Waals surface area contributed by atoms with Gasteiger partial charge in [0.05, 0.1) is 11.3 Å². The van der Waals surface area contributed by atoms with Crippen molar-refractivity contribution in [2.24, 2.45) is 0 Å². The van der Waals surface area contributed by atoms with Crippen molar-refractivity contribution in [2.45, 2.75) is 6.92 Å². The molecule has 188 valence electrons. The molecule has 3 heterocycles. The lowest BCUT2D eigenvalue weighted by atomic mass is 9.97. The number of fused-ring (bicyclic) bond motifs is 1. The Balaban J connectivity index is 1.23. The molecule has 0 saturated heterocycles. The molecule has 8 nitrogen and oxygen atoms in total. The summed E-state index contributed by atoms with van der Waals surface area (Å²) in [6.45, 7) is 1.96. The number of rotatable bonds is 6. The van der Waals surface area contributed by atoms with Gasteiger partial charge in [-0.3, -0.25) is 14.6 Å². The molecule has 0 atom stereocenters. The van der Waals surface area contributed by atoms with Gasteiger partial charge in [-0.2, -0.15) is 9.61 Å². The van der Waals surface area contributed by atoms with Crippen molar-refractivity contribution < 1.29 is 9.59 Å². The van der Waals surface area contributed by atoms with E-state index in [1.54, 1.807) is 59.2 Å². The summed E-state index contributed by atoms with van der Waals surface area (Å²) in [5.74, 6) is -0.00494. The molecule has 0 aliphatic heterocycles. The smallest absolute Gasteiger partial charge is 0.256 e. The Bertz CT molecular complexity index is 1810. The van der Waals surface area contributed by atoms with Crippen molar-refractivity contribution in [1.82, 2.24) is 24.8 Å². The molecule has 0 fully saturated rings. The van der Waals surface area contributed by atoms with Crippen molar-refractivity contribution >= 4 is 23.0 Å². The summed E-state index contributed by atoms with van der Waals surface area (Å²) in [7, 11) is 0. The highest BCUT2D eigenvalue weighted by molar-refractivity contribution is 6.17. The first-order valence-electron chi connectivity index (χ1n) is 12.3. The number of ketones is 1. The molecule has 3 aromatic heterocycles. The third kappa shape index (κ3) is 4.78. The lowest BCUT2D eigenvalue weighted by Gasteiger charge is -2.11. The van der Waals surface area contributed by atoms with E-state index >= 15 is 0 Å². The Kier molecular flexibility index (Phi) is 6.18. The Morgan fingerprint density at radius 3 is 2.21 bits per heavy atom. The van der Waals surface area contributed by atoms with Crippen LogP contribution in [0.5, 0.6) is 0 Å². The summed E-state index contributed by atoms with van der Waals surface area (Å²) < 4.78 is 1.66. The Morgan fingerprint density at radius 2 is 1.46 bits per heavy atom. The van der Waals surface area contributed by atoms with E-state index in [0.717, 1.165) is 11.1 Å². The van der Waals surface area contributed by atoms with Gasteiger partial charge in [0.2, 0.25) is 5.82 Å². The zero-order chi connectivity index (χ0) is 26.8. The van der Waals surface area contributed by atoms with Gasteiger partial charge >= 0.3 is 0 Å². The number of aromatic nitrogens is 5. The van der Waals surface area contributed by atoms with Gasteiger partial charge in [0.15, 0.2) is 11.4 Å². The topological polar surface area (TPSA) is 102 Å². The largest absolute Gasteiger partial charge is 0.322 e. The maximum atomic E-state index is 13.2. The zero-order valence-corrected chi connectivity index (χ0v) is 20.9. The monoisotopic (exact) mass is 510 g/mol. The molecule has 0 bridgehead atoms. The number of benzene rings is 3. The van der Waals surface area contributed by atoms with E-state index in [1.807, 2.05) is 61.5 Å². The normalized spacial score (nSPS) is 10.9. The standard InChI is InChI=1S/C31H22N6O2/c1-20-9-11-22(12-10-20)29(38)24-6-2-3-7-25(24)31(39)33-23-15-13-21(14-16-23)26-17-18-28-34-35-30(37(28)36-26)27-8-4-5-19-32-27/h2-19H,1H3,(H,33,39). The number of amides is 1. The molecule has 8 heteroatoms.